The van der Waals surface area contributed by atoms with Crippen molar-refractivity contribution < 1.29 is 0 Å². The predicted molar refractivity (Wildman–Crippen MR) is 135 cm³/mol. The minimum atomic E-state index is -0.137. The fraction of sp³-hybridized carbons (Fsp3) is 0.320. The zero-order valence-electron chi connectivity index (χ0n) is 20.5. The molecule has 1 N–H and O–H groups in total. The van der Waals surface area contributed by atoms with Crippen LogP contribution in [0.1, 0.15) is 50.9 Å². The lowest BCUT2D eigenvalue weighted by molar-refractivity contribution is 0.576. The number of H-pyrrole nitrogens is 1. The summed E-state index contributed by atoms with van der Waals surface area (Å²) in [6.07, 6.45) is 8.20. The number of benzene rings is 1. The molecule has 0 atom stereocenters. The highest BCUT2D eigenvalue weighted by atomic mass is 16.2. The second-order valence-electron chi connectivity index (χ2n) is 8.93. The molecule has 0 radical (unpaired) electrons. The summed E-state index contributed by atoms with van der Waals surface area (Å²) in [5.74, 6) is 1.04. The van der Waals surface area contributed by atoms with Crippen LogP contribution in [-0.2, 0) is 13.0 Å². The summed E-state index contributed by atoms with van der Waals surface area (Å²) in [7, 11) is 0. The van der Waals surface area contributed by atoms with E-state index in [9.17, 15) is 4.79 Å². The first kappa shape index (κ1) is 23.3. The number of aryl methyl sites for hydroxylation is 1. The summed E-state index contributed by atoms with van der Waals surface area (Å²) in [6.45, 7) is 6.64. The van der Waals surface area contributed by atoms with Gasteiger partial charge in [-0.15, -0.1) is 20.4 Å². The number of imidazole rings is 1. The normalized spacial score (nSPS) is 11.4. The van der Waals surface area contributed by atoms with E-state index in [1.807, 2.05) is 67.2 Å². The highest BCUT2D eigenvalue weighted by Gasteiger charge is 2.18. The molecule has 0 saturated heterocycles. The van der Waals surface area contributed by atoms with E-state index < -0.39 is 0 Å². The third kappa shape index (κ3) is 4.47. The Morgan fingerprint density at radius 2 is 1.89 bits per heavy atom. The fourth-order valence-corrected chi connectivity index (χ4v) is 4.21. The van der Waals surface area contributed by atoms with Crippen LogP contribution >= 0.6 is 0 Å². The molecular formula is C25H28N10O. The Labute approximate surface area is 207 Å². The van der Waals surface area contributed by atoms with Crippen molar-refractivity contribution >= 4 is 0 Å². The lowest BCUT2D eigenvalue weighted by Gasteiger charge is -2.10. The lowest BCUT2D eigenvalue weighted by atomic mass is 10.0. The van der Waals surface area contributed by atoms with Crippen LogP contribution in [-0.4, -0.2) is 49.5 Å². The molecule has 0 saturated carbocycles. The Morgan fingerprint density at radius 3 is 2.58 bits per heavy atom. The Bertz CT molecular complexity index is 1490. The van der Waals surface area contributed by atoms with Gasteiger partial charge in [0.05, 0.1) is 12.2 Å². The number of pyridine rings is 1. The number of tetrazole rings is 1. The molecule has 0 aliphatic heterocycles. The van der Waals surface area contributed by atoms with Crippen LogP contribution in [0.4, 0.5) is 0 Å². The first-order chi connectivity index (χ1) is 17.6. The van der Waals surface area contributed by atoms with Gasteiger partial charge in [0.1, 0.15) is 6.33 Å². The van der Waals surface area contributed by atoms with Gasteiger partial charge in [0, 0.05) is 35.3 Å². The van der Waals surface area contributed by atoms with Gasteiger partial charge in [0.25, 0.3) is 0 Å². The van der Waals surface area contributed by atoms with E-state index in [0.29, 0.717) is 18.3 Å². The number of rotatable bonds is 9. The summed E-state index contributed by atoms with van der Waals surface area (Å²) < 4.78 is 5.30. The molecule has 0 amide bonds. The molecule has 36 heavy (non-hydrogen) atoms. The number of aromatic nitrogens is 10. The summed E-state index contributed by atoms with van der Waals surface area (Å²) in [5, 5.41) is 22.6. The van der Waals surface area contributed by atoms with Crippen LogP contribution in [0.2, 0.25) is 0 Å². The van der Waals surface area contributed by atoms with E-state index in [-0.39, 0.29) is 11.7 Å². The second kappa shape index (κ2) is 10.1. The van der Waals surface area contributed by atoms with Gasteiger partial charge in [0.2, 0.25) is 11.8 Å². The zero-order chi connectivity index (χ0) is 25.1. The number of nitrogens with zero attached hydrogens (tertiary/aromatic N) is 9. The maximum absolute atomic E-state index is 13.5. The zero-order valence-corrected chi connectivity index (χ0v) is 20.5. The molecule has 0 unspecified atom stereocenters. The minimum absolute atomic E-state index is 0.136. The molecule has 4 aromatic heterocycles. The van der Waals surface area contributed by atoms with Crippen molar-refractivity contribution in [1.29, 1.82) is 0 Å². The van der Waals surface area contributed by atoms with Crippen LogP contribution in [0.25, 0.3) is 28.6 Å². The SMILES string of the molecule is CCCCc1cn(-c2nncn2C(C)C)c(=O)n1Cc1ccc(-c2ccccc2-c2nn[nH]n2)nc1. The van der Waals surface area contributed by atoms with Crippen molar-refractivity contribution in [3.63, 3.8) is 0 Å². The topological polar surface area (TPSA) is 125 Å². The Kier molecular flexibility index (Phi) is 6.52. The summed E-state index contributed by atoms with van der Waals surface area (Å²) in [6, 6.07) is 11.9. The van der Waals surface area contributed by atoms with Gasteiger partial charge in [-0.2, -0.15) is 5.21 Å². The molecule has 0 aliphatic rings. The molecule has 5 rings (SSSR count). The van der Waals surface area contributed by atoms with Gasteiger partial charge in [-0.1, -0.05) is 43.7 Å². The Hall–Kier alpha value is -4.41. The van der Waals surface area contributed by atoms with Gasteiger partial charge in [-0.05, 0) is 43.5 Å². The van der Waals surface area contributed by atoms with Gasteiger partial charge in [-0.25, -0.2) is 9.36 Å². The molecule has 1 aromatic carbocycles. The van der Waals surface area contributed by atoms with E-state index in [1.165, 1.54) is 0 Å². The molecule has 11 heteroatoms. The highest BCUT2D eigenvalue weighted by molar-refractivity contribution is 5.78. The molecule has 0 bridgehead atoms. The lowest BCUT2D eigenvalue weighted by Crippen LogP contribution is -2.26. The summed E-state index contributed by atoms with van der Waals surface area (Å²) in [4.78, 5) is 18.2. The molecule has 0 spiro atoms. The van der Waals surface area contributed by atoms with E-state index in [4.69, 9.17) is 4.98 Å². The van der Waals surface area contributed by atoms with E-state index >= 15 is 0 Å². The van der Waals surface area contributed by atoms with E-state index in [0.717, 1.165) is 47.3 Å². The first-order valence-corrected chi connectivity index (χ1v) is 12.1. The van der Waals surface area contributed by atoms with Crippen LogP contribution in [0.15, 0.2) is 59.9 Å². The average Bonchev–Trinajstić information content (AvgIpc) is 3.65. The van der Waals surface area contributed by atoms with Crippen molar-refractivity contribution in [3.05, 3.63) is 76.9 Å². The Balaban J connectivity index is 1.47. The van der Waals surface area contributed by atoms with Crippen LogP contribution in [0, 0.1) is 0 Å². The van der Waals surface area contributed by atoms with Crippen molar-refractivity contribution in [3.8, 4) is 28.6 Å². The van der Waals surface area contributed by atoms with Gasteiger partial charge < -0.3 is 0 Å². The van der Waals surface area contributed by atoms with E-state index in [1.54, 1.807) is 15.5 Å². The van der Waals surface area contributed by atoms with Crippen molar-refractivity contribution in [2.24, 2.45) is 0 Å². The fourth-order valence-electron chi connectivity index (χ4n) is 4.21. The minimum Gasteiger partial charge on any atom is -0.297 e. The molecule has 11 nitrogen and oxygen atoms in total. The largest absolute Gasteiger partial charge is 0.335 e. The van der Waals surface area contributed by atoms with Gasteiger partial charge in [0.15, 0.2) is 0 Å². The quantitative estimate of drug-likeness (QED) is 0.340. The van der Waals surface area contributed by atoms with Crippen LogP contribution in [0.5, 0.6) is 0 Å². The summed E-state index contributed by atoms with van der Waals surface area (Å²) >= 11 is 0. The second-order valence-corrected chi connectivity index (χ2v) is 8.93. The molecular weight excluding hydrogens is 456 g/mol. The molecule has 4 heterocycles. The molecule has 5 aromatic rings. The van der Waals surface area contributed by atoms with Crippen molar-refractivity contribution in [2.45, 2.75) is 52.6 Å². The number of hydrogen-bond acceptors (Lipinski definition) is 7. The van der Waals surface area contributed by atoms with Crippen LogP contribution in [0.3, 0.4) is 0 Å². The van der Waals surface area contributed by atoms with Crippen molar-refractivity contribution in [1.82, 2.24) is 49.5 Å². The standard InChI is InChI=1S/C25H28N10O/c1-4-5-8-19-15-34(24-30-27-16-35(24)17(2)3)25(36)33(19)14-18-11-12-22(26-13-18)20-9-6-7-10-21(20)23-28-31-32-29-23/h6-7,9-13,15-17H,4-5,8,14H2,1-3H3,(H,28,29,31,32). The third-order valence-electron chi connectivity index (χ3n) is 6.13. The monoisotopic (exact) mass is 484 g/mol. The van der Waals surface area contributed by atoms with Gasteiger partial charge in [-0.3, -0.25) is 14.1 Å². The molecule has 0 aliphatic carbocycles. The molecule has 0 fully saturated rings. The third-order valence-corrected chi connectivity index (χ3v) is 6.13. The average molecular weight is 485 g/mol. The van der Waals surface area contributed by atoms with Gasteiger partial charge >= 0.3 is 5.69 Å². The summed E-state index contributed by atoms with van der Waals surface area (Å²) in [5.41, 5.74) is 4.30. The number of hydrogen-bond donors (Lipinski definition) is 1. The van der Waals surface area contributed by atoms with E-state index in [2.05, 4.69) is 37.7 Å². The van der Waals surface area contributed by atoms with Crippen LogP contribution < -0.4 is 5.69 Å². The smallest absolute Gasteiger partial charge is 0.297 e. The maximum atomic E-state index is 13.5. The predicted octanol–water partition coefficient (Wildman–Crippen LogP) is 3.44. The number of unbranched alkanes of at least 4 members (excludes halogenated alkanes) is 1. The van der Waals surface area contributed by atoms with Crippen molar-refractivity contribution in [2.75, 3.05) is 0 Å². The maximum Gasteiger partial charge on any atom is 0.335 e. The number of aromatic amines is 1. The molecule has 184 valence electrons. The Morgan fingerprint density at radius 1 is 1.06 bits per heavy atom. The number of nitrogens with one attached hydrogen (secondary N) is 1. The highest BCUT2D eigenvalue weighted by Crippen LogP contribution is 2.28. The first-order valence-electron chi connectivity index (χ1n) is 12.1.